The first-order chi connectivity index (χ1) is 16.0. The Morgan fingerprint density at radius 1 is 1.03 bits per heavy atom. The minimum atomic E-state index is -0.220. The number of hydrogen-bond acceptors (Lipinski definition) is 3. The molecule has 1 saturated heterocycles. The van der Waals surface area contributed by atoms with E-state index in [0.717, 1.165) is 42.3 Å². The fourth-order valence-corrected chi connectivity index (χ4v) is 5.54. The average Bonchev–Trinajstić information content (AvgIpc) is 3.42. The quantitative estimate of drug-likeness (QED) is 0.497. The highest BCUT2D eigenvalue weighted by Gasteiger charge is 2.35. The van der Waals surface area contributed by atoms with Gasteiger partial charge in [-0.3, -0.25) is 4.90 Å². The summed E-state index contributed by atoms with van der Waals surface area (Å²) in [5.74, 6) is 2.09. The molecular weight excluding hydrogens is 413 g/mol. The Balaban J connectivity index is 1.35. The van der Waals surface area contributed by atoms with Gasteiger partial charge in [-0.2, -0.15) is 0 Å². The molecule has 0 amide bonds. The molecule has 0 spiro atoms. The van der Waals surface area contributed by atoms with E-state index in [1.54, 1.807) is 6.07 Å². The number of phenols is 1. The summed E-state index contributed by atoms with van der Waals surface area (Å²) < 4.78 is 19.7. The molecule has 3 aromatic carbocycles. The summed E-state index contributed by atoms with van der Waals surface area (Å²) in [5.41, 5.74) is 4.71. The number of ether oxygens (including phenoxy) is 1. The third kappa shape index (κ3) is 4.63. The highest BCUT2D eigenvalue weighted by molar-refractivity contribution is 5.51. The van der Waals surface area contributed by atoms with Crippen LogP contribution in [-0.2, 0) is 6.42 Å². The largest absolute Gasteiger partial charge is 0.508 e. The van der Waals surface area contributed by atoms with Crippen molar-refractivity contribution in [3.8, 4) is 11.5 Å². The normalized spacial score (nSPS) is 23.4. The van der Waals surface area contributed by atoms with Crippen LogP contribution < -0.4 is 4.74 Å². The van der Waals surface area contributed by atoms with E-state index in [-0.39, 0.29) is 23.4 Å². The Morgan fingerprint density at radius 2 is 1.76 bits per heavy atom. The SMILES string of the molecule is C[C@@H]1CCN([C@@H](C)COc2ccc(C3c4ccc(O)cc4CC3c3ccc(F)cc3)cc2)C1. The van der Waals surface area contributed by atoms with Crippen molar-refractivity contribution < 1.29 is 14.2 Å². The number of likely N-dealkylation sites (tertiary alicyclic amines) is 1. The zero-order valence-corrected chi connectivity index (χ0v) is 19.4. The van der Waals surface area contributed by atoms with Crippen LogP contribution in [0.3, 0.4) is 0 Å². The molecule has 5 rings (SSSR count). The second-order valence-electron chi connectivity index (χ2n) is 9.84. The van der Waals surface area contributed by atoms with Gasteiger partial charge in [0.05, 0.1) is 0 Å². The van der Waals surface area contributed by atoms with Gasteiger partial charge < -0.3 is 9.84 Å². The number of nitrogens with zero attached hydrogens (tertiary/aromatic N) is 1. The minimum absolute atomic E-state index is 0.158. The molecule has 4 atom stereocenters. The van der Waals surface area contributed by atoms with Crippen LogP contribution in [0.5, 0.6) is 11.5 Å². The van der Waals surface area contributed by atoms with Crippen molar-refractivity contribution >= 4 is 0 Å². The van der Waals surface area contributed by atoms with E-state index >= 15 is 0 Å². The smallest absolute Gasteiger partial charge is 0.123 e. The number of rotatable bonds is 6. The second kappa shape index (κ2) is 9.18. The van der Waals surface area contributed by atoms with Gasteiger partial charge in [-0.15, -0.1) is 0 Å². The van der Waals surface area contributed by atoms with Crippen molar-refractivity contribution in [1.82, 2.24) is 4.90 Å². The summed E-state index contributed by atoms with van der Waals surface area (Å²) in [4.78, 5) is 2.51. The number of benzene rings is 3. The van der Waals surface area contributed by atoms with Crippen LogP contribution in [0.25, 0.3) is 0 Å². The van der Waals surface area contributed by atoms with Crippen LogP contribution in [0.4, 0.5) is 4.39 Å². The summed E-state index contributed by atoms with van der Waals surface area (Å²) in [6.07, 6.45) is 2.10. The lowest BCUT2D eigenvalue weighted by atomic mass is 9.82. The third-order valence-electron chi connectivity index (χ3n) is 7.41. The highest BCUT2D eigenvalue weighted by atomic mass is 19.1. The Kier molecular flexibility index (Phi) is 6.11. The topological polar surface area (TPSA) is 32.7 Å². The minimum Gasteiger partial charge on any atom is -0.508 e. The molecule has 1 heterocycles. The predicted octanol–water partition coefficient (Wildman–Crippen LogP) is 6.11. The molecule has 0 saturated carbocycles. The van der Waals surface area contributed by atoms with Crippen molar-refractivity contribution in [2.75, 3.05) is 19.7 Å². The first kappa shape index (κ1) is 22.0. The van der Waals surface area contributed by atoms with E-state index in [1.165, 1.54) is 29.7 Å². The maximum absolute atomic E-state index is 13.6. The molecule has 1 aliphatic heterocycles. The van der Waals surface area contributed by atoms with Gasteiger partial charge in [0.1, 0.15) is 23.9 Å². The zero-order chi connectivity index (χ0) is 22.9. The second-order valence-corrected chi connectivity index (χ2v) is 9.84. The monoisotopic (exact) mass is 445 g/mol. The molecule has 0 aromatic heterocycles. The lowest BCUT2D eigenvalue weighted by molar-refractivity contribution is 0.169. The van der Waals surface area contributed by atoms with Crippen molar-refractivity contribution in [2.24, 2.45) is 5.92 Å². The Labute approximate surface area is 195 Å². The van der Waals surface area contributed by atoms with Crippen LogP contribution in [-0.4, -0.2) is 35.7 Å². The van der Waals surface area contributed by atoms with Crippen LogP contribution in [0.1, 0.15) is 54.4 Å². The molecule has 3 aromatic rings. The number of hydrogen-bond donors (Lipinski definition) is 1. The van der Waals surface area contributed by atoms with E-state index in [2.05, 4.69) is 43.0 Å². The molecule has 1 N–H and O–H groups in total. The number of phenolic OH excluding ortho intramolecular Hbond substituents is 1. The van der Waals surface area contributed by atoms with E-state index in [9.17, 15) is 9.50 Å². The predicted molar refractivity (Wildman–Crippen MR) is 130 cm³/mol. The summed E-state index contributed by atoms with van der Waals surface area (Å²) in [7, 11) is 0. The van der Waals surface area contributed by atoms with Crippen molar-refractivity contribution in [2.45, 2.75) is 44.6 Å². The van der Waals surface area contributed by atoms with Gasteiger partial charge >= 0.3 is 0 Å². The molecule has 1 aliphatic carbocycles. The molecule has 2 aliphatic rings. The summed E-state index contributed by atoms with van der Waals surface area (Å²) >= 11 is 0. The molecule has 2 unspecified atom stereocenters. The number of fused-ring (bicyclic) bond motifs is 1. The lowest BCUT2D eigenvalue weighted by Crippen LogP contribution is -2.35. The van der Waals surface area contributed by atoms with Gasteiger partial charge in [-0.05, 0) is 96.8 Å². The van der Waals surface area contributed by atoms with Crippen molar-refractivity contribution in [1.29, 1.82) is 0 Å². The van der Waals surface area contributed by atoms with E-state index in [1.807, 2.05) is 24.3 Å². The van der Waals surface area contributed by atoms with Gasteiger partial charge in [-0.1, -0.05) is 37.3 Å². The maximum Gasteiger partial charge on any atom is 0.123 e. The van der Waals surface area contributed by atoms with Crippen LogP contribution in [0, 0.1) is 11.7 Å². The van der Waals surface area contributed by atoms with Crippen LogP contribution in [0.15, 0.2) is 66.7 Å². The maximum atomic E-state index is 13.6. The summed E-state index contributed by atoms with van der Waals surface area (Å²) in [6.45, 7) is 7.56. The first-order valence-electron chi connectivity index (χ1n) is 12.0. The summed E-state index contributed by atoms with van der Waals surface area (Å²) in [6, 6.07) is 21.3. The molecule has 1 fully saturated rings. The molecule has 33 heavy (non-hydrogen) atoms. The summed E-state index contributed by atoms with van der Waals surface area (Å²) in [5, 5.41) is 10.0. The van der Waals surface area contributed by atoms with Gasteiger partial charge in [-0.25, -0.2) is 4.39 Å². The standard InChI is InChI=1S/C29H32FNO2/c1-19-13-14-31(17-19)20(2)18-33-26-10-5-22(6-11-26)29-27-12-9-25(32)15-23(27)16-28(29)21-3-7-24(30)8-4-21/h3-12,15,19-20,28-29,32H,13-14,16-18H2,1-2H3/t19-,20+,28?,29?/m1/s1. The molecule has 0 bridgehead atoms. The van der Waals surface area contributed by atoms with Crippen molar-refractivity contribution in [3.05, 3.63) is 94.8 Å². The van der Waals surface area contributed by atoms with Gasteiger partial charge in [0, 0.05) is 18.5 Å². The fraction of sp³-hybridized carbons (Fsp3) is 0.379. The van der Waals surface area contributed by atoms with Crippen LogP contribution in [0.2, 0.25) is 0 Å². The number of aromatic hydroxyl groups is 1. The Bertz CT molecular complexity index is 1100. The molecule has 4 heteroatoms. The fourth-order valence-electron chi connectivity index (χ4n) is 5.54. The number of halogens is 1. The van der Waals surface area contributed by atoms with Gasteiger partial charge in [0.2, 0.25) is 0 Å². The van der Waals surface area contributed by atoms with Crippen molar-refractivity contribution in [3.63, 3.8) is 0 Å². The zero-order valence-electron chi connectivity index (χ0n) is 19.4. The average molecular weight is 446 g/mol. The molecular formula is C29H32FNO2. The lowest BCUT2D eigenvalue weighted by Gasteiger charge is -2.24. The van der Waals surface area contributed by atoms with Gasteiger partial charge in [0.15, 0.2) is 0 Å². The molecule has 3 nitrogen and oxygen atoms in total. The third-order valence-corrected chi connectivity index (χ3v) is 7.41. The van der Waals surface area contributed by atoms with Crippen LogP contribution >= 0.6 is 0 Å². The first-order valence-corrected chi connectivity index (χ1v) is 12.0. The highest BCUT2D eigenvalue weighted by Crippen LogP contribution is 2.48. The van der Waals surface area contributed by atoms with Gasteiger partial charge in [0.25, 0.3) is 0 Å². The molecule has 0 radical (unpaired) electrons. The molecule has 172 valence electrons. The Morgan fingerprint density at radius 3 is 2.45 bits per heavy atom. The van der Waals surface area contributed by atoms with E-state index in [0.29, 0.717) is 12.6 Å². The van der Waals surface area contributed by atoms with E-state index in [4.69, 9.17) is 4.74 Å². The van der Waals surface area contributed by atoms with E-state index < -0.39 is 0 Å². The Hall–Kier alpha value is -2.85.